The Morgan fingerprint density at radius 1 is 0.431 bits per heavy atom. The van der Waals surface area contributed by atoms with Gasteiger partial charge in [-0.15, -0.1) is 0 Å². The Hall–Kier alpha value is -7.47. The molecule has 0 N–H and O–H groups in total. The largest absolute Gasteiger partial charge is 0.321 e. The molecule has 0 fully saturated rings. The molecule has 0 unspecified atom stereocenters. The van der Waals surface area contributed by atoms with Gasteiger partial charge in [0.15, 0.2) is 8.07 Å². The van der Waals surface area contributed by atoms with Gasteiger partial charge in [-0.1, -0.05) is 179 Å². The van der Waals surface area contributed by atoms with Gasteiger partial charge in [0.2, 0.25) is 0 Å². The molecule has 4 nitrogen and oxygen atoms in total. The van der Waals surface area contributed by atoms with E-state index in [2.05, 4.69) is 254 Å². The highest BCUT2D eigenvalue weighted by Crippen LogP contribution is 2.44. The Balaban J connectivity index is 1.15. The van der Waals surface area contributed by atoms with Gasteiger partial charge >= 0.3 is 0 Å². The van der Waals surface area contributed by atoms with E-state index in [1.807, 2.05) is 6.20 Å². The number of benzene rings is 8. The first-order valence-electron chi connectivity index (χ1n) is 23.0. The van der Waals surface area contributed by atoms with Gasteiger partial charge in [-0.2, -0.15) is 0 Å². The minimum absolute atomic E-state index is 0.381. The van der Waals surface area contributed by atoms with Crippen LogP contribution in [0.2, 0.25) is 0 Å². The van der Waals surface area contributed by atoms with Gasteiger partial charge < -0.3 is 9.80 Å². The predicted octanol–water partition coefficient (Wildman–Crippen LogP) is 12.7. The number of fused-ring (bicyclic) bond motifs is 4. The van der Waals surface area contributed by atoms with E-state index in [0.717, 1.165) is 23.5 Å². The van der Waals surface area contributed by atoms with E-state index in [1.54, 1.807) is 0 Å². The minimum Gasteiger partial charge on any atom is -0.321 e. The number of rotatable bonds is 10. The zero-order chi connectivity index (χ0) is 44.1. The quantitative estimate of drug-likeness (QED) is 0.101. The second kappa shape index (κ2) is 16.6. The first-order chi connectivity index (χ1) is 31.9. The third kappa shape index (κ3) is 6.77. The van der Waals surface area contributed by atoms with Crippen molar-refractivity contribution >= 4 is 73.4 Å². The molecule has 316 valence electrons. The van der Waals surface area contributed by atoms with E-state index in [0.29, 0.717) is 11.8 Å². The molecule has 11 rings (SSSR count). The van der Waals surface area contributed by atoms with Crippen LogP contribution in [0, 0.1) is 0 Å². The average Bonchev–Trinajstić information content (AvgIpc) is 3.91. The highest BCUT2D eigenvalue weighted by Gasteiger charge is 2.42. The Morgan fingerprint density at radius 3 is 1.62 bits per heavy atom. The monoisotopic (exact) mass is 856 g/mol. The summed E-state index contributed by atoms with van der Waals surface area (Å²) in [6.45, 7) is 9.92. The molecule has 10 aromatic rings. The Morgan fingerprint density at radius 2 is 0.954 bits per heavy atom. The first-order valence-corrected chi connectivity index (χ1v) is 25.0. The van der Waals surface area contributed by atoms with Gasteiger partial charge in [-0.3, -0.25) is 4.57 Å². The summed E-state index contributed by atoms with van der Waals surface area (Å²) in [6.07, 6.45) is 2.00. The fourth-order valence-corrected chi connectivity index (χ4v) is 15.4. The van der Waals surface area contributed by atoms with Gasteiger partial charge in [0.25, 0.3) is 0 Å². The topological polar surface area (TPSA) is 24.3 Å². The summed E-state index contributed by atoms with van der Waals surface area (Å²) in [5.74, 6) is 1.68. The van der Waals surface area contributed by atoms with Gasteiger partial charge in [0, 0.05) is 28.3 Å². The molecule has 0 amide bonds. The molecule has 3 heterocycles. The molecule has 0 radical (unpaired) electrons. The van der Waals surface area contributed by atoms with Crippen molar-refractivity contribution in [1.29, 1.82) is 0 Å². The molecule has 65 heavy (non-hydrogen) atoms. The summed E-state index contributed by atoms with van der Waals surface area (Å²) in [4.78, 5) is 10.1. The molecule has 1 aliphatic rings. The lowest BCUT2D eigenvalue weighted by Crippen LogP contribution is -2.74. The van der Waals surface area contributed by atoms with Crippen LogP contribution in [-0.4, -0.2) is 24.3 Å². The number of hydrogen-bond acceptors (Lipinski definition) is 3. The fraction of sp³-hybridized carbons (Fsp3) is 0.117. The molecule has 0 bridgehead atoms. The van der Waals surface area contributed by atoms with Crippen molar-refractivity contribution < 1.29 is 0 Å². The van der Waals surface area contributed by atoms with Gasteiger partial charge in [0.05, 0.1) is 22.4 Å². The van der Waals surface area contributed by atoms with Crippen molar-refractivity contribution in [2.24, 2.45) is 0 Å². The summed E-state index contributed by atoms with van der Waals surface area (Å²) >= 11 is 0. The second-order valence-corrected chi connectivity index (χ2v) is 21.8. The van der Waals surface area contributed by atoms with Crippen LogP contribution < -0.4 is 30.5 Å². The third-order valence-electron chi connectivity index (χ3n) is 13.6. The molecule has 8 aromatic carbocycles. The summed E-state index contributed by atoms with van der Waals surface area (Å²) in [5, 5.41) is 7.76. The molecule has 0 saturated heterocycles. The number of nitrogens with zero attached hydrogens (tertiary/aromatic N) is 4. The van der Waals surface area contributed by atoms with Gasteiger partial charge in [0.1, 0.15) is 12.5 Å². The number of anilines is 4. The zero-order valence-electron chi connectivity index (χ0n) is 37.4. The van der Waals surface area contributed by atoms with Crippen molar-refractivity contribution in [2.75, 3.05) is 16.5 Å². The average molecular weight is 857 g/mol. The van der Waals surface area contributed by atoms with E-state index in [-0.39, 0.29) is 0 Å². The summed E-state index contributed by atoms with van der Waals surface area (Å²) in [5.41, 5.74) is 12.3. The van der Waals surface area contributed by atoms with Crippen molar-refractivity contribution in [1.82, 2.24) is 9.55 Å². The van der Waals surface area contributed by atoms with Crippen molar-refractivity contribution in [3.8, 4) is 16.9 Å². The summed E-state index contributed by atoms with van der Waals surface area (Å²) in [7, 11) is -3.02. The van der Waals surface area contributed by atoms with Gasteiger partial charge in [-0.05, 0) is 116 Å². The molecule has 5 heteroatoms. The standard InChI is InChI=1S/C60H52N4Si/c1-42(2)51-29-19-30-52(43(3)4)60(51)44-36-37-61-59(38-44)64-55-31-15-14-28-53(55)54-35-34-50(40-58(54)64)65(47-23-10-6-11-24-47,48-25-12-7-13-26-48)49-27-18-22-46(39-49)63-41-62(45-20-8-5-9-21-45)56-32-16-17-33-57(56)63/h5-40,42-43H,41H2,1-4H3. The molecule has 0 aliphatic carbocycles. The number of para-hydroxylation sites is 4. The molecule has 0 spiro atoms. The minimum atomic E-state index is -3.02. The summed E-state index contributed by atoms with van der Waals surface area (Å²) < 4.78 is 2.41. The molecular weight excluding hydrogens is 805 g/mol. The van der Waals surface area contributed by atoms with E-state index < -0.39 is 8.07 Å². The molecule has 0 saturated carbocycles. The normalized spacial score (nSPS) is 12.8. The predicted molar refractivity (Wildman–Crippen MR) is 278 cm³/mol. The number of pyridine rings is 1. The molecular formula is C60H52N4Si. The van der Waals surface area contributed by atoms with E-state index in [1.165, 1.54) is 76.5 Å². The van der Waals surface area contributed by atoms with Crippen LogP contribution in [0.25, 0.3) is 38.8 Å². The van der Waals surface area contributed by atoms with Crippen LogP contribution in [0.4, 0.5) is 22.7 Å². The first kappa shape index (κ1) is 40.3. The SMILES string of the molecule is CC(C)c1cccc(C(C)C)c1-c1ccnc(-n2c3ccccc3c3ccc([Si](c4ccccc4)(c4ccccc4)c4cccc(N5CN(c6ccccc6)c6ccccc65)c4)cc32)c1. The van der Waals surface area contributed by atoms with Crippen LogP contribution in [-0.2, 0) is 0 Å². The maximum Gasteiger partial charge on any atom is 0.179 e. The van der Waals surface area contributed by atoms with E-state index >= 15 is 0 Å². The Bertz CT molecular complexity index is 3250. The third-order valence-corrected chi connectivity index (χ3v) is 18.3. The van der Waals surface area contributed by atoms with Crippen molar-refractivity contribution in [3.63, 3.8) is 0 Å². The smallest absolute Gasteiger partial charge is 0.179 e. The van der Waals surface area contributed by atoms with Crippen molar-refractivity contribution in [3.05, 3.63) is 230 Å². The van der Waals surface area contributed by atoms with Crippen LogP contribution in [0.1, 0.15) is 50.7 Å². The van der Waals surface area contributed by atoms with Crippen LogP contribution in [0.3, 0.4) is 0 Å². The summed E-state index contributed by atoms with van der Waals surface area (Å²) in [6, 6.07) is 79.0. The Kier molecular flexibility index (Phi) is 10.3. The molecule has 0 atom stereocenters. The van der Waals surface area contributed by atoms with Crippen LogP contribution in [0.15, 0.2) is 219 Å². The lowest BCUT2D eigenvalue weighted by atomic mass is 9.85. The highest BCUT2D eigenvalue weighted by molar-refractivity contribution is 7.20. The lowest BCUT2D eigenvalue weighted by molar-refractivity contribution is 0.838. The highest BCUT2D eigenvalue weighted by atomic mass is 28.3. The maximum atomic E-state index is 5.19. The lowest BCUT2D eigenvalue weighted by Gasteiger charge is -2.35. The zero-order valence-corrected chi connectivity index (χ0v) is 38.4. The van der Waals surface area contributed by atoms with Gasteiger partial charge in [-0.25, -0.2) is 4.98 Å². The van der Waals surface area contributed by atoms with E-state index in [9.17, 15) is 0 Å². The van der Waals surface area contributed by atoms with Crippen molar-refractivity contribution in [2.45, 2.75) is 39.5 Å². The fourth-order valence-electron chi connectivity index (χ4n) is 10.6. The van der Waals surface area contributed by atoms with E-state index in [4.69, 9.17) is 4.98 Å². The maximum absolute atomic E-state index is 5.19. The second-order valence-electron chi connectivity index (χ2n) is 18.0. The number of aromatic nitrogens is 2. The van der Waals surface area contributed by atoms with Crippen LogP contribution >= 0.6 is 0 Å². The van der Waals surface area contributed by atoms with Crippen LogP contribution in [0.5, 0.6) is 0 Å². The Labute approximate surface area is 383 Å². The molecule has 2 aromatic heterocycles. The number of hydrogen-bond donors (Lipinski definition) is 0. The molecule has 1 aliphatic heterocycles.